The maximum absolute atomic E-state index is 13.1. The Kier molecular flexibility index (Phi) is 5.62. The Morgan fingerprint density at radius 1 is 1.06 bits per heavy atom. The van der Waals surface area contributed by atoms with Gasteiger partial charge in [0.15, 0.2) is 17.3 Å². The molecule has 1 amide bonds. The van der Waals surface area contributed by atoms with Crippen molar-refractivity contribution in [1.29, 1.82) is 0 Å². The van der Waals surface area contributed by atoms with Crippen LogP contribution in [0.5, 0.6) is 11.5 Å². The molecule has 0 bridgehead atoms. The van der Waals surface area contributed by atoms with E-state index in [-0.39, 0.29) is 12.7 Å². The number of benzene rings is 2. The molecule has 0 radical (unpaired) electrons. The highest BCUT2D eigenvalue weighted by molar-refractivity contribution is 7.99. The van der Waals surface area contributed by atoms with E-state index in [0.29, 0.717) is 29.5 Å². The number of thioether (sulfide) groups is 1. The molecule has 1 saturated heterocycles. The van der Waals surface area contributed by atoms with Gasteiger partial charge in [0.25, 0.3) is 5.91 Å². The average molecular weight is 435 g/mol. The highest BCUT2D eigenvalue weighted by atomic mass is 32.2. The minimum atomic E-state index is -0.189. The summed E-state index contributed by atoms with van der Waals surface area (Å²) in [6.07, 6.45) is 1.64. The summed E-state index contributed by atoms with van der Waals surface area (Å²) < 4.78 is 10.8. The molecule has 7 nitrogen and oxygen atoms in total. The Morgan fingerprint density at radius 2 is 1.87 bits per heavy atom. The summed E-state index contributed by atoms with van der Waals surface area (Å²) >= 11 is 1.92. The fourth-order valence-corrected chi connectivity index (χ4v) is 4.51. The number of rotatable bonds is 5. The quantitative estimate of drug-likeness (QED) is 0.660. The Hall–Kier alpha value is -3.26. The van der Waals surface area contributed by atoms with Gasteiger partial charge in [-0.05, 0) is 17.7 Å². The molecule has 1 fully saturated rings. The molecule has 2 aromatic carbocycles. The van der Waals surface area contributed by atoms with Crippen LogP contribution in [0.1, 0.15) is 15.9 Å². The fraction of sp³-hybridized carbons (Fsp3) is 0.261. The number of hydrogen-bond donors (Lipinski definition) is 1. The zero-order valence-corrected chi connectivity index (χ0v) is 17.7. The van der Waals surface area contributed by atoms with Crippen molar-refractivity contribution in [2.45, 2.75) is 6.54 Å². The molecule has 3 heterocycles. The molecule has 1 aromatic heterocycles. The molecule has 2 aliphatic heterocycles. The largest absolute Gasteiger partial charge is 0.454 e. The Morgan fingerprint density at radius 3 is 2.71 bits per heavy atom. The van der Waals surface area contributed by atoms with E-state index in [9.17, 15) is 4.79 Å². The van der Waals surface area contributed by atoms with Gasteiger partial charge < -0.3 is 19.7 Å². The first kappa shape index (κ1) is 19.7. The highest BCUT2D eigenvalue weighted by Gasteiger charge is 2.22. The average Bonchev–Trinajstić information content (AvgIpc) is 3.31. The molecule has 0 saturated carbocycles. The summed E-state index contributed by atoms with van der Waals surface area (Å²) in [6, 6.07) is 15.5. The first-order chi connectivity index (χ1) is 15.3. The van der Waals surface area contributed by atoms with Gasteiger partial charge in [0.2, 0.25) is 6.79 Å². The normalized spacial score (nSPS) is 15.0. The van der Waals surface area contributed by atoms with E-state index in [4.69, 9.17) is 14.5 Å². The van der Waals surface area contributed by atoms with Gasteiger partial charge in [-0.3, -0.25) is 4.79 Å². The standard InChI is InChI=1S/C23H22N4O3S/c28-23(25-13-16-6-7-19-20(12-16)30-15-29-19)18-14-24-21(17-4-2-1-3-5-17)26-22(18)27-8-10-31-11-9-27/h1-7,12,14H,8-11,13,15H2,(H,25,28). The summed E-state index contributed by atoms with van der Waals surface area (Å²) in [5, 5.41) is 3.00. The molecule has 158 valence electrons. The summed E-state index contributed by atoms with van der Waals surface area (Å²) in [4.78, 5) is 24.6. The van der Waals surface area contributed by atoms with Gasteiger partial charge in [0.1, 0.15) is 11.4 Å². The van der Waals surface area contributed by atoms with Crippen LogP contribution in [0.25, 0.3) is 11.4 Å². The molecular weight excluding hydrogens is 412 g/mol. The smallest absolute Gasteiger partial charge is 0.256 e. The minimum absolute atomic E-state index is 0.189. The number of aromatic nitrogens is 2. The number of anilines is 1. The lowest BCUT2D eigenvalue weighted by Gasteiger charge is -2.29. The van der Waals surface area contributed by atoms with Crippen LogP contribution in [-0.2, 0) is 6.54 Å². The van der Waals surface area contributed by atoms with Crippen LogP contribution in [0.4, 0.5) is 5.82 Å². The molecular formula is C23H22N4O3S. The predicted molar refractivity (Wildman–Crippen MR) is 121 cm³/mol. The second-order valence-corrected chi connectivity index (χ2v) is 8.49. The highest BCUT2D eigenvalue weighted by Crippen LogP contribution is 2.32. The van der Waals surface area contributed by atoms with Gasteiger partial charge in [0.05, 0.1) is 0 Å². The Balaban J connectivity index is 1.39. The van der Waals surface area contributed by atoms with E-state index in [1.807, 2.05) is 60.3 Å². The van der Waals surface area contributed by atoms with Crippen molar-refractivity contribution in [3.8, 4) is 22.9 Å². The van der Waals surface area contributed by atoms with Gasteiger partial charge >= 0.3 is 0 Å². The molecule has 2 aliphatic rings. The number of fused-ring (bicyclic) bond motifs is 1. The summed E-state index contributed by atoms with van der Waals surface area (Å²) in [6.45, 7) is 2.33. The maximum atomic E-state index is 13.1. The van der Waals surface area contributed by atoms with E-state index in [0.717, 1.165) is 41.5 Å². The van der Waals surface area contributed by atoms with E-state index >= 15 is 0 Å². The lowest BCUT2D eigenvalue weighted by molar-refractivity contribution is 0.0950. The van der Waals surface area contributed by atoms with E-state index in [1.54, 1.807) is 6.20 Å². The van der Waals surface area contributed by atoms with Gasteiger partial charge in [-0.25, -0.2) is 9.97 Å². The van der Waals surface area contributed by atoms with Gasteiger partial charge in [-0.1, -0.05) is 36.4 Å². The second kappa shape index (κ2) is 8.85. The number of ether oxygens (including phenoxy) is 2. The van der Waals surface area contributed by atoms with Crippen molar-refractivity contribution in [1.82, 2.24) is 15.3 Å². The molecule has 3 aromatic rings. The molecule has 0 unspecified atom stereocenters. The molecule has 5 rings (SSSR count). The summed E-state index contributed by atoms with van der Waals surface area (Å²) in [7, 11) is 0. The zero-order valence-electron chi connectivity index (χ0n) is 16.9. The lowest BCUT2D eigenvalue weighted by atomic mass is 10.1. The number of hydrogen-bond acceptors (Lipinski definition) is 7. The van der Waals surface area contributed by atoms with Crippen LogP contribution in [0.15, 0.2) is 54.7 Å². The molecule has 1 N–H and O–H groups in total. The third-order valence-electron chi connectivity index (χ3n) is 5.25. The fourth-order valence-electron chi connectivity index (χ4n) is 3.60. The monoisotopic (exact) mass is 434 g/mol. The molecule has 8 heteroatoms. The van der Waals surface area contributed by atoms with Crippen molar-refractivity contribution in [3.63, 3.8) is 0 Å². The Labute approximate surface area is 184 Å². The van der Waals surface area contributed by atoms with Crippen LogP contribution in [0.2, 0.25) is 0 Å². The second-order valence-electron chi connectivity index (χ2n) is 7.27. The van der Waals surface area contributed by atoms with E-state index in [1.165, 1.54) is 0 Å². The number of nitrogens with zero attached hydrogens (tertiary/aromatic N) is 3. The summed E-state index contributed by atoms with van der Waals surface area (Å²) in [5.74, 6) is 4.59. The summed E-state index contributed by atoms with van der Waals surface area (Å²) in [5.41, 5.74) is 2.37. The predicted octanol–water partition coefficient (Wildman–Crippen LogP) is 3.36. The van der Waals surface area contributed by atoms with E-state index in [2.05, 4.69) is 15.2 Å². The van der Waals surface area contributed by atoms with E-state index < -0.39 is 0 Å². The van der Waals surface area contributed by atoms with Crippen molar-refractivity contribution in [3.05, 3.63) is 65.9 Å². The van der Waals surface area contributed by atoms with Crippen molar-refractivity contribution in [2.75, 3.05) is 36.3 Å². The number of carbonyl (C=O) groups is 1. The van der Waals surface area contributed by atoms with Crippen LogP contribution >= 0.6 is 11.8 Å². The van der Waals surface area contributed by atoms with Crippen LogP contribution < -0.4 is 19.7 Å². The van der Waals surface area contributed by atoms with Crippen LogP contribution in [0, 0.1) is 0 Å². The maximum Gasteiger partial charge on any atom is 0.256 e. The molecule has 31 heavy (non-hydrogen) atoms. The van der Waals surface area contributed by atoms with Gasteiger partial charge in [-0.15, -0.1) is 0 Å². The first-order valence-corrected chi connectivity index (χ1v) is 11.4. The van der Waals surface area contributed by atoms with Crippen LogP contribution in [0.3, 0.4) is 0 Å². The molecule has 0 aliphatic carbocycles. The number of amides is 1. The zero-order chi connectivity index (χ0) is 21.0. The van der Waals surface area contributed by atoms with Gasteiger partial charge in [0, 0.05) is 42.9 Å². The van der Waals surface area contributed by atoms with Crippen molar-refractivity contribution >= 4 is 23.5 Å². The third kappa shape index (κ3) is 4.29. The lowest BCUT2D eigenvalue weighted by Crippen LogP contribution is -2.36. The van der Waals surface area contributed by atoms with Gasteiger partial charge in [-0.2, -0.15) is 11.8 Å². The Bertz CT molecular complexity index is 1090. The first-order valence-electron chi connectivity index (χ1n) is 10.2. The third-order valence-corrected chi connectivity index (χ3v) is 6.19. The van der Waals surface area contributed by atoms with Crippen molar-refractivity contribution < 1.29 is 14.3 Å². The number of carbonyl (C=O) groups excluding carboxylic acids is 1. The SMILES string of the molecule is O=C(NCc1ccc2c(c1)OCO2)c1cnc(-c2ccccc2)nc1N1CCSCC1. The molecule has 0 spiro atoms. The molecule has 0 atom stereocenters. The van der Waals surface area contributed by atoms with Crippen LogP contribution in [-0.4, -0.2) is 47.3 Å². The minimum Gasteiger partial charge on any atom is -0.454 e. The topological polar surface area (TPSA) is 76.6 Å². The number of nitrogens with one attached hydrogen (secondary N) is 1. The van der Waals surface area contributed by atoms with Crippen molar-refractivity contribution in [2.24, 2.45) is 0 Å².